The molecule has 0 atom stereocenters. The molecule has 3 rings (SSSR count). The molecule has 1 aromatic heterocycles. The number of pyridine rings is 1. The lowest BCUT2D eigenvalue weighted by atomic mass is 9.99. The zero-order chi connectivity index (χ0) is 11.8. The lowest BCUT2D eigenvalue weighted by Crippen LogP contribution is -1.91. The fraction of sp³-hybridized carbons (Fsp3) is 0.200. The third-order valence-corrected chi connectivity index (χ3v) is 3.38. The summed E-state index contributed by atoms with van der Waals surface area (Å²) >= 11 is 0. The van der Waals surface area contributed by atoms with Crippen LogP contribution in [0, 0.1) is 6.92 Å². The molecule has 17 heavy (non-hydrogen) atoms. The minimum Gasteiger partial charge on any atom is -0.294 e. The van der Waals surface area contributed by atoms with E-state index in [0.29, 0.717) is 6.42 Å². The van der Waals surface area contributed by atoms with E-state index in [9.17, 15) is 4.79 Å². The number of hydrogen-bond donors (Lipinski definition) is 0. The molecule has 0 amide bonds. The number of aryl methyl sites for hydroxylation is 2. The van der Waals surface area contributed by atoms with Crippen molar-refractivity contribution in [1.82, 2.24) is 4.98 Å². The van der Waals surface area contributed by atoms with Gasteiger partial charge in [0.1, 0.15) is 0 Å². The molecule has 2 heteroatoms. The van der Waals surface area contributed by atoms with Crippen LogP contribution in [0.25, 0.3) is 11.1 Å². The largest absolute Gasteiger partial charge is 0.294 e. The first kappa shape index (κ1) is 10.2. The number of benzene rings is 1. The lowest BCUT2D eigenvalue weighted by molar-refractivity contribution is 0.0994. The van der Waals surface area contributed by atoms with E-state index in [0.717, 1.165) is 23.1 Å². The summed E-state index contributed by atoms with van der Waals surface area (Å²) in [6.45, 7) is 2.08. The SMILES string of the molecule is Cc1ccncc1-c1ccc2c(c1)CCC2=O. The molecule has 0 spiro atoms. The Morgan fingerprint density at radius 3 is 2.82 bits per heavy atom. The van der Waals surface area contributed by atoms with Crippen molar-refractivity contribution in [2.45, 2.75) is 19.8 Å². The molecule has 0 bridgehead atoms. The Kier molecular flexibility index (Phi) is 2.29. The van der Waals surface area contributed by atoms with Crippen molar-refractivity contribution >= 4 is 5.78 Å². The van der Waals surface area contributed by atoms with Crippen LogP contribution < -0.4 is 0 Å². The van der Waals surface area contributed by atoms with Crippen LogP contribution in [0.4, 0.5) is 0 Å². The van der Waals surface area contributed by atoms with E-state index in [2.05, 4.69) is 18.0 Å². The number of carbonyl (C=O) groups excluding carboxylic acids is 1. The van der Waals surface area contributed by atoms with E-state index < -0.39 is 0 Å². The fourth-order valence-electron chi connectivity index (χ4n) is 2.39. The van der Waals surface area contributed by atoms with Crippen LogP contribution in [0.3, 0.4) is 0 Å². The summed E-state index contributed by atoms with van der Waals surface area (Å²) in [7, 11) is 0. The third kappa shape index (κ3) is 1.66. The van der Waals surface area contributed by atoms with Gasteiger partial charge >= 0.3 is 0 Å². The van der Waals surface area contributed by atoms with Gasteiger partial charge in [-0.3, -0.25) is 9.78 Å². The molecule has 0 saturated carbocycles. The number of ketones is 1. The smallest absolute Gasteiger partial charge is 0.163 e. The number of aromatic nitrogens is 1. The number of fused-ring (bicyclic) bond motifs is 1. The van der Waals surface area contributed by atoms with Gasteiger partial charge in [-0.1, -0.05) is 18.2 Å². The van der Waals surface area contributed by atoms with E-state index in [-0.39, 0.29) is 5.78 Å². The molecule has 0 fully saturated rings. The number of Topliss-reactive ketones (excluding diaryl/α,β-unsaturated/α-hetero) is 1. The van der Waals surface area contributed by atoms with Crippen LogP contribution in [-0.4, -0.2) is 10.8 Å². The average Bonchev–Trinajstić information content (AvgIpc) is 2.71. The highest BCUT2D eigenvalue weighted by atomic mass is 16.1. The Hall–Kier alpha value is -1.96. The maximum Gasteiger partial charge on any atom is 0.163 e. The first-order valence-corrected chi connectivity index (χ1v) is 5.83. The van der Waals surface area contributed by atoms with Crippen molar-refractivity contribution in [3.05, 3.63) is 53.3 Å². The molecule has 2 aromatic rings. The Balaban J connectivity index is 2.12. The quantitative estimate of drug-likeness (QED) is 0.743. The maximum absolute atomic E-state index is 11.6. The zero-order valence-corrected chi connectivity index (χ0v) is 9.73. The van der Waals surface area contributed by atoms with Crippen molar-refractivity contribution in [1.29, 1.82) is 0 Å². The second kappa shape index (κ2) is 3.81. The summed E-state index contributed by atoms with van der Waals surface area (Å²) in [6.07, 6.45) is 5.22. The minimum absolute atomic E-state index is 0.273. The summed E-state index contributed by atoms with van der Waals surface area (Å²) in [4.78, 5) is 15.7. The summed E-state index contributed by atoms with van der Waals surface area (Å²) in [5, 5.41) is 0. The van der Waals surface area contributed by atoms with Crippen LogP contribution >= 0.6 is 0 Å². The fourth-order valence-corrected chi connectivity index (χ4v) is 2.39. The van der Waals surface area contributed by atoms with Crippen LogP contribution in [0.15, 0.2) is 36.7 Å². The molecule has 0 N–H and O–H groups in total. The summed E-state index contributed by atoms with van der Waals surface area (Å²) in [5.74, 6) is 0.273. The predicted octanol–water partition coefficient (Wildman–Crippen LogP) is 3.19. The average molecular weight is 223 g/mol. The Labute approximate surface area is 100 Å². The molecule has 2 nitrogen and oxygen atoms in total. The summed E-state index contributed by atoms with van der Waals surface area (Å²) in [6, 6.07) is 8.11. The highest BCUT2D eigenvalue weighted by Crippen LogP contribution is 2.29. The van der Waals surface area contributed by atoms with Crippen LogP contribution in [0.5, 0.6) is 0 Å². The first-order chi connectivity index (χ1) is 8.25. The second-order valence-corrected chi connectivity index (χ2v) is 4.49. The van der Waals surface area contributed by atoms with Crippen LogP contribution in [0.1, 0.15) is 27.9 Å². The molecule has 84 valence electrons. The summed E-state index contributed by atoms with van der Waals surface area (Å²) < 4.78 is 0. The van der Waals surface area contributed by atoms with Gasteiger partial charge in [0.2, 0.25) is 0 Å². The number of carbonyl (C=O) groups is 1. The van der Waals surface area contributed by atoms with E-state index >= 15 is 0 Å². The van der Waals surface area contributed by atoms with E-state index in [4.69, 9.17) is 0 Å². The standard InChI is InChI=1S/C15H13NO/c1-10-6-7-16-9-14(10)12-2-4-13-11(8-12)3-5-15(13)17/h2,4,6-9H,3,5H2,1H3. The van der Waals surface area contributed by atoms with E-state index in [1.807, 2.05) is 24.4 Å². The molecule has 1 aliphatic carbocycles. The second-order valence-electron chi connectivity index (χ2n) is 4.49. The first-order valence-electron chi connectivity index (χ1n) is 5.83. The van der Waals surface area contributed by atoms with Crippen molar-refractivity contribution in [3.8, 4) is 11.1 Å². The van der Waals surface area contributed by atoms with Gasteiger partial charge in [0.15, 0.2) is 5.78 Å². The normalized spacial score (nSPS) is 13.8. The molecule has 0 aliphatic heterocycles. The van der Waals surface area contributed by atoms with Gasteiger partial charge in [-0.05, 0) is 36.1 Å². The molecule has 1 heterocycles. The maximum atomic E-state index is 11.6. The molecule has 0 saturated heterocycles. The van der Waals surface area contributed by atoms with E-state index in [1.165, 1.54) is 11.1 Å². The summed E-state index contributed by atoms with van der Waals surface area (Å²) in [5.41, 5.74) is 5.59. The number of hydrogen-bond acceptors (Lipinski definition) is 2. The lowest BCUT2D eigenvalue weighted by Gasteiger charge is -2.07. The van der Waals surface area contributed by atoms with Crippen molar-refractivity contribution < 1.29 is 4.79 Å². The van der Waals surface area contributed by atoms with Crippen molar-refractivity contribution in [2.75, 3.05) is 0 Å². The highest BCUT2D eigenvalue weighted by Gasteiger charge is 2.19. The van der Waals surface area contributed by atoms with Gasteiger partial charge in [-0.15, -0.1) is 0 Å². The van der Waals surface area contributed by atoms with Gasteiger partial charge in [-0.25, -0.2) is 0 Å². The van der Waals surface area contributed by atoms with Crippen molar-refractivity contribution in [2.24, 2.45) is 0 Å². The Morgan fingerprint density at radius 1 is 1.12 bits per heavy atom. The molecule has 1 aliphatic rings. The van der Waals surface area contributed by atoms with Gasteiger partial charge in [0, 0.05) is 29.9 Å². The van der Waals surface area contributed by atoms with Gasteiger partial charge in [0.25, 0.3) is 0 Å². The monoisotopic (exact) mass is 223 g/mol. The van der Waals surface area contributed by atoms with E-state index in [1.54, 1.807) is 6.20 Å². The zero-order valence-electron chi connectivity index (χ0n) is 9.73. The topological polar surface area (TPSA) is 30.0 Å². The minimum atomic E-state index is 0.273. The van der Waals surface area contributed by atoms with Gasteiger partial charge in [0.05, 0.1) is 0 Å². The van der Waals surface area contributed by atoms with Gasteiger partial charge in [-0.2, -0.15) is 0 Å². The predicted molar refractivity (Wildman–Crippen MR) is 67.1 cm³/mol. The highest BCUT2D eigenvalue weighted by molar-refractivity contribution is 6.01. The third-order valence-electron chi connectivity index (χ3n) is 3.38. The van der Waals surface area contributed by atoms with Gasteiger partial charge < -0.3 is 0 Å². The van der Waals surface area contributed by atoms with Crippen LogP contribution in [0.2, 0.25) is 0 Å². The molecule has 0 radical (unpaired) electrons. The molecular weight excluding hydrogens is 210 g/mol. The molecule has 1 aromatic carbocycles. The van der Waals surface area contributed by atoms with Crippen LogP contribution in [-0.2, 0) is 6.42 Å². The Bertz CT molecular complexity index is 602. The molecular formula is C15H13NO. The Morgan fingerprint density at radius 2 is 2.00 bits per heavy atom. The number of rotatable bonds is 1. The van der Waals surface area contributed by atoms with Crippen molar-refractivity contribution in [3.63, 3.8) is 0 Å². The number of nitrogens with zero attached hydrogens (tertiary/aromatic N) is 1. The molecule has 0 unspecified atom stereocenters.